The van der Waals surface area contributed by atoms with Crippen molar-refractivity contribution in [1.82, 2.24) is 10.6 Å². The van der Waals surface area contributed by atoms with Crippen molar-refractivity contribution >= 4 is 6.03 Å². The van der Waals surface area contributed by atoms with Gasteiger partial charge in [-0.05, 0) is 18.1 Å². The maximum Gasteiger partial charge on any atom is 0.315 e. The van der Waals surface area contributed by atoms with Crippen molar-refractivity contribution in [1.29, 1.82) is 0 Å². The topological polar surface area (TPSA) is 50.4 Å². The first-order valence-corrected chi connectivity index (χ1v) is 7.49. The average molecular weight is 296 g/mol. The Labute approximate surface area is 130 Å². The van der Waals surface area contributed by atoms with Gasteiger partial charge in [-0.3, -0.25) is 0 Å². The summed E-state index contributed by atoms with van der Waals surface area (Å²) in [5.41, 5.74) is 2.26. The molecule has 1 aliphatic rings. The Kier molecular flexibility index (Phi) is 4.28. The van der Waals surface area contributed by atoms with Crippen molar-refractivity contribution in [3.05, 3.63) is 65.7 Å². The molecule has 114 valence electrons. The summed E-state index contributed by atoms with van der Waals surface area (Å²) in [6.45, 7) is 0.457. The zero-order chi connectivity index (χ0) is 15.4. The van der Waals surface area contributed by atoms with Crippen molar-refractivity contribution in [3.8, 4) is 5.75 Å². The van der Waals surface area contributed by atoms with Crippen molar-refractivity contribution in [2.75, 3.05) is 7.11 Å². The first-order valence-electron chi connectivity index (χ1n) is 7.49. The van der Waals surface area contributed by atoms with E-state index in [4.69, 9.17) is 4.74 Å². The van der Waals surface area contributed by atoms with Crippen LogP contribution in [0.15, 0.2) is 54.6 Å². The number of ether oxygens (including phenoxy) is 1. The fourth-order valence-corrected chi connectivity index (χ4v) is 2.67. The first kappa shape index (κ1) is 14.4. The van der Waals surface area contributed by atoms with Gasteiger partial charge in [-0.1, -0.05) is 48.5 Å². The molecule has 0 radical (unpaired) electrons. The first-order chi connectivity index (χ1) is 10.8. The molecule has 0 spiro atoms. The third-order valence-corrected chi connectivity index (χ3v) is 3.97. The molecule has 2 aromatic carbocycles. The molecule has 1 aliphatic carbocycles. The van der Waals surface area contributed by atoms with Gasteiger partial charge in [-0.2, -0.15) is 0 Å². The molecule has 2 amide bonds. The summed E-state index contributed by atoms with van der Waals surface area (Å²) in [5.74, 6) is 1.23. The van der Waals surface area contributed by atoms with Crippen LogP contribution in [0.25, 0.3) is 0 Å². The van der Waals surface area contributed by atoms with Crippen LogP contribution in [0, 0.1) is 0 Å². The lowest BCUT2D eigenvalue weighted by atomic mass is 10.1. The fourth-order valence-electron chi connectivity index (χ4n) is 2.67. The minimum absolute atomic E-state index is 0.130. The maximum atomic E-state index is 12.0. The van der Waals surface area contributed by atoms with Crippen molar-refractivity contribution in [2.45, 2.75) is 24.9 Å². The summed E-state index contributed by atoms with van der Waals surface area (Å²) in [6.07, 6.45) is 1.01. The minimum Gasteiger partial charge on any atom is -0.496 e. The van der Waals surface area contributed by atoms with E-state index in [0.29, 0.717) is 12.5 Å². The molecule has 2 unspecified atom stereocenters. The van der Waals surface area contributed by atoms with E-state index in [9.17, 15) is 4.79 Å². The molecule has 4 nitrogen and oxygen atoms in total. The normalized spacial score (nSPS) is 19.3. The number of hydrogen-bond donors (Lipinski definition) is 2. The molecule has 0 saturated heterocycles. The Morgan fingerprint density at radius 2 is 1.86 bits per heavy atom. The molecule has 2 atom stereocenters. The molecular weight excluding hydrogens is 276 g/mol. The van der Waals surface area contributed by atoms with E-state index in [0.717, 1.165) is 17.7 Å². The number of benzene rings is 2. The number of hydrogen-bond acceptors (Lipinski definition) is 2. The zero-order valence-corrected chi connectivity index (χ0v) is 12.6. The molecule has 1 saturated carbocycles. The molecule has 2 aromatic rings. The highest BCUT2D eigenvalue weighted by Gasteiger charge is 2.39. The minimum atomic E-state index is -0.130. The lowest BCUT2D eigenvalue weighted by Gasteiger charge is -2.10. The molecular formula is C18H20N2O2. The summed E-state index contributed by atoms with van der Waals surface area (Å²) in [6, 6.07) is 18.1. The van der Waals surface area contributed by atoms with Gasteiger partial charge in [0, 0.05) is 24.1 Å². The van der Waals surface area contributed by atoms with E-state index in [2.05, 4.69) is 22.8 Å². The van der Waals surface area contributed by atoms with Crippen LogP contribution in [0.2, 0.25) is 0 Å². The van der Waals surface area contributed by atoms with Crippen molar-refractivity contribution < 1.29 is 9.53 Å². The number of rotatable bonds is 5. The summed E-state index contributed by atoms with van der Waals surface area (Å²) < 4.78 is 5.27. The predicted molar refractivity (Wildman–Crippen MR) is 86.0 cm³/mol. The number of carbonyl (C=O) groups is 1. The third-order valence-electron chi connectivity index (χ3n) is 3.97. The number of methoxy groups -OCH3 is 1. The van der Waals surface area contributed by atoms with Crippen LogP contribution in [0.4, 0.5) is 4.79 Å². The van der Waals surface area contributed by atoms with Gasteiger partial charge in [0.05, 0.1) is 7.11 Å². The number of urea groups is 1. The average Bonchev–Trinajstić information content (AvgIpc) is 3.33. The summed E-state index contributed by atoms with van der Waals surface area (Å²) in [7, 11) is 1.63. The molecule has 2 N–H and O–H groups in total. The summed E-state index contributed by atoms with van der Waals surface area (Å²) >= 11 is 0. The van der Waals surface area contributed by atoms with E-state index < -0.39 is 0 Å². The number of amides is 2. The quantitative estimate of drug-likeness (QED) is 0.891. The van der Waals surface area contributed by atoms with E-state index in [1.54, 1.807) is 7.11 Å². The lowest BCUT2D eigenvalue weighted by Crippen LogP contribution is -2.37. The van der Waals surface area contributed by atoms with Gasteiger partial charge in [0.2, 0.25) is 0 Å². The Morgan fingerprint density at radius 3 is 2.64 bits per heavy atom. The predicted octanol–water partition coefficient (Wildman–Crippen LogP) is 3.05. The summed E-state index contributed by atoms with van der Waals surface area (Å²) in [5, 5.41) is 5.91. The van der Waals surface area contributed by atoms with Gasteiger partial charge in [0.1, 0.15) is 5.75 Å². The van der Waals surface area contributed by atoms with Crippen LogP contribution in [-0.2, 0) is 6.54 Å². The largest absolute Gasteiger partial charge is 0.496 e. The van der Waals surface area contributed by atoms with Gasteiger partial charge in [0.15, 0.2) is 0 Å². The third kappa shape index (κ3) is 3.39. The van der Waals surface area contributed by atoms with Crippen LogP contribution in [0.1, 0.15) is 23.5 Å². The van der Waals surface area contributed by atoms with Crippen LogP contribution in [-0.4, -0.2) is 19.2 Å². The molecule has 22 heavy (non-hydrogen) atoms. The smallest absolute Gasteiger partial charge is 0.315 e. The van der Waals surface area contributed by atoms with Gasteiger partial charge in [0.25, 0.3) is 0 Å². The van der Waals surface area contributed by atoms with Crippen LogP contribution in [0.5, 0.6) is 5.75 Å². The highest BCUT2D eigenvalue weighted by atomic mass is 16.5. The van der Waals surface area contributed by atoms with Gasteiger partial charge in [-0.25, -0.2) is 4.79 Å². The fraction of sp³-hybridized carbons (Fsp3) is 0.278. The Bertz CT molecular complexity index is 643. The second-order valence-corrected chi connectivity index (χ2v) is 5.50. The molecule has 3 rings (SSSR count). The molecule has 4 heteroatoms. The van der Waals surface area contributed by atoms with Gasteiger partial charge in [-0.15, -0.1) is 0 Å². The highest BCUT2D eigenvalue weighted by Crippen LogP contribution is 2.40. The molecule has 0 aliphatic heterocycles. The summed E-state index contributed by atoms with van der Waals surface area (Å²) in [4.78, 5) is 12.0. The highest BCUT2D eigenvalue weighted by molar-refractivity contribution is 5.75. The van der Waals surface area contributed by atoms with E-state index in [1.165, 1.54) is 5.56 Å². The molecule has 0 bridgehead atoms. The van der Waals surface area contributed by atoms with E-state index in [1.807, 2.05) is 42.5 Å². The van der Waals surface area contributed by atoms with Crippen LogP contribution >= 0.6 is 0 Å². The Balaban J connectivity index is 1.48. The van der Waals surface area contributed by atoms with Crippen molar-refractivity contribution in [3.63, 3.8) is 0 Å². The van der Waals surface area contributed by atoms with E-state index >= 15 is 0 Å². The maximum absolute atomic E-state index is 12.0. The van der Waals surface area contributed by atoms with Crippen LogP contribution in [0.3, 0.4) is 0 Å². The van der Waals surface area contributed by atoms with Crippen LogP contribution < -0.4 is 15.4 Å². The SMILES string of the molecule is COc1ccccc1CNC(=O)NC1CC1c1ccccc1. The monoisotopic (exact) mass is 296 g/mol. The standard InChI is InChI=1S/C18H20N2O2/c1-22-17-10-6-5-9-14(17)12-19-18(21)20-16-11-15(16)13-7-3-2-4-8-13/h2-10,15-16H,11-12H2,1H3,(H2,19,20,21). The van der Waals surface area contributed by atoms with Gasteiger partial charge >= 0.3 is 6.03 Å². The Morgan fingerprint density at radius 1 is 1.14 bits per heavy atom. The number of para-hydroxylation sites is 1. The molecule has 1 fully saturated rings. The van der Waals surface area contributed by atoms with Crippen molar-refractivity contribution in [2.24, 2.45) is 0 Å². The van der Waals surface area contributed by atoms with Gasteiger partial charge < -0.3 is 15.4 Å². The second kappa shape index (κ2) is 6.52. The lowest BCUT2D eigenvalue weighted by molar-refractivity contribution is 0.240. The molecule has 0 heterocycles. The Hall–Kier alpha value is -2.49. The molecule has 0 aromatic heterocycles. The number of nitrogens with one attached hydrogen (secondary N) is 2. The second-order valence-electron chi connectivity index (χ2n) is 5.50. The number of carbonyl (C=O) groups excluding carboxylic acids is 1. The zero-order valence-electron chi connectivity index (χ0n) is 12.6. The van der Waals surface area contributed by atoms with E-state index in [-0.39, 0.29) is 12.1 Å².